The van der Waals surface area contributed by atoms with Gasteiger partial charge in [0.15, 0.2) is 0 Å². The molecule has 0 bridgehead atoms. The average molecular weight is 192 g/mol. The summed E-state index contributed by atoms with van der Waals surface area (Å²) in [4.78, 5) is 0. The quantitative estimate of drug-likeness (QED) is 0.626. The molecule has 0 N–H and O–H groups in total. The smallest absolute Gasteiger partial charge is 0.0451 e. The maximum atomic E-state index is 11.3. The van der Waals surface area contributed by atoms with E-state index in [-0.39, 0.29) is 0 Å². The zero-order valence-electron chi connectivity index (χ0n) is 8.31. The first-order valence-corrected chi connectivity index (χ1v) is 9.29. The van der Waals surface area contributed by atoms with Crippen LogP contribution in [0.1, 0.15) is 13.8 Å². The molecule has 0 spiro atoms. The first-order valence-electron chi connectivity index (χ1n) is 4.20. The second kappa shape index (κ2) is 4.41. The van der Waals surface area contributed by atoms with Crippen molar-refractivity contribution in [3.05, 3.63) is 0 Å². The molecule has 0 fully saturated rings. The summed E-state index contributed by atoms with van der Waals surface area (Å²) < 4.78 is 11.3. The van der Waals surface area contributed by atoms with Gasteiger partial charge in [-0.1, -0.05) is 33.5 Å². The summed E-state index contributed by atoms with van der Waals surface area (Å²) in [6.07, 6.45) is 0. The number of hydrogen-bond donors (Lipinski definition) is 0. The fourth-order valence-corrected chi connectivity index (χ4v) is 4.37. The molecule has 0 aromatic rings. The lowest BCUT2D eigenvalue weighted by molar-refractivity contribution is 0.677. The molecule has 3 heteroatoms. The van der Waals surface area contributed by atoms with Crippen LogP contribution in [0.2, 0.25) is 25.7 Å². The van der Waals surface area contributed by atoms with Gasteiger partial charge < -0.3 is 0 Å². The third kappa shape index (κ3) is 6.75. The molecule has 0 aromatic carbocycles. The molecule has 0 saturated carbocycles. The minimum absolute atomic E-state index is 0.339. The van der Waals surface area contributed by atoms with E-state index in [1.807, 2.05) is 13.8 Å². The topological polar surface area (TPSA) is 17.1 Å². The predicted octanol–water partition coefficient (Wildman–Crippen LogP) is 2.48. The molecule has 0 unspecified atom stereocenters. The van der Waals surface area contributed by atoms with E-state index in [0.717, 1.165) is 5.75 Å². The lowest BCUT2D eigenvalue weighted by Gasteiger charge is -2.15. The molecule has 0 aliphatic heterocycles. The molecule has 0 heterocycles. The second-order valence-corrected chi connectivity index (χ2v) is 12.2. The monoisotopic (exact) mass is 192 g/mol. The first-order chi connectivity index (χ1) is 4.83. The Morgan fingerprint density at radius 1 is 1.27 bits per heavy atom. The lowest BCUT2D eigenvalue weighted by atomic mass is 10.6. The summed E-state index contributed by atoms with van der Waals surface area (Å²) in [5, 5.41) is 0.339. The Bertz CT molecular complexity index is 138. The van der Waals surface area contributed by atoms with Gasteiger partial charge in [-0.25, -0.2) is 0 Å². The van der Waals surface area contributed by atoms with Crippen molar-refractivity contribution in [2.24, 2.45) is 0 Å². The Labute approximate surface area is 74.0 Å². The van der Waals surface area contributed by atoms with Crippen LogP contribution >= 0.6 is 0 Å². The maximum absolute atomic E-state index is 11.3. The van der Waals surface area contributed by atoms with Crippen LogP contribution in [0.5, 0.6) is 0 Å². The van der Waals surface area contributed by atoms with E-state index < -0.39 is 18.9 Å². The van der Waals surface area contributed by atoms with Crippen LogP contribution in [-0.2, 0) is 10.8 Å². The standard InChI is InChI=1S/C8H20OSSi/c1-8(2)10(9)6-7-11(3,4)5/h8H,6-7H2,1-5H3/t10-/m1/s1. The van der Waals surface area contributed by atoms with E-state index in [1.165, 1.54) is 6.04 Å². The Morgan fingerprint density at radius 3 is 2.00 bits per heavy atom. The zero-order chi connectivity index (χ0) is 9.07. The van der Waals surface area contributed by atoms with E-state index >= 15 is 0 Å². The van der Waals surface area contributed by atoms with Crippen molar-refractivity contribution in [1.82, 2.24) is 0 Å². The molecule has 0 rings (SSSR count). The Kier molecular flexibility index (Phi) is 4.55. The molecule has 0 amide bonds. The fraction of sp³-hybridized carbons (Fsp3) is 1.00. The number of hydrogen-bond acceptors (Lipinski definition) is 1. The molecular weight excluding hydrogens is 172 g/mol. The summed E-state index contributed by atoms with van der Waals surface area (Å²) >= 11 is 0. The van der Waals surface area contributed by atoms with Crippen molar-refractivity contribution in [2.75, 3.05) is 5.75 Å². The highest BCUT2D eigenvalue weighted by atomic mass is 32.2. The van der Waals surface area contributed by atoms with Gasteiger partial charge in [0.1, 0.15) is 0 Å². The van der Waals surface area contributed by atoms with Crippen molar-refractivity contribution in [1.29, 1.82) is 0 Å². The van der Waals surface area contributed by atoms with Crippen molar-refractivity contribution >= 4 is 18.9 Å². The van der Waals surface area contributed by atoms with Crippen LogP contribution in [0.4, 0.5) is 0 Å². The maximum Gasteiger partial charge on any atom is 0.0451 e. The van der Waals surface area contributed by atoms with Gasteiger partial charge in [0.25, 0.3) is 0 Å². The molecule has 0 saturated heterocycles. The summed E-state index contributed by atoms with van der Waals surface area (Å²) in [6.45, 7) is 11.0. The summed E-state index contributed by atoms with van der Waals surface area (Å²) in [5.74, 6) is 0.910. The Balaban J connectivity index is 3.64. The van der Waals surface area contributed by atoms with Crippen LogP contribution in [0.15, 0.2) is 0 Å². The molecule has 0 radical (unpaired) electrons. The van der Waals surface area contributed by atoms with Gasteiger partial charge in [-0.05, 0) is 6.04 Å². The Hall–Kier alpha value is 0.367. The van der Waals surface area contributed by atoms with Gasteiger partial charge in [0.2, 0.25) is 0 Å². The average Bonchev–Trinajstić information content (AvgIpc) is 1.80. The summed E-state index contributed by atoms with van der Waals surface area (Å²) in [6, 6.07) is 1.19. The molecule has 0 aliphatic carbocycles. The van der Waals surface area contributed by atoms with E-state index in [1.54, 1.807) is 0 Å². The van der Waals surface area contributed by atoms with E-state index in [0.29, 0.717) is 5.25 Å². The van der Waals surface area contributed by atoms with Gasteiger partial charge in [-0.15, -0.1) is 0 Å². The summed E-state index contributed by atoms with van der Waals surface area (Å²) in [7, 11) is -1.54. The second-order valence-electron chi connectivity index (χ2n) is 4.44. The minimum Gasteiger partial charge on any atom is -0.259 e. The molecule has 1 nitrogen and oxygen atoms in total. The molecular formula is C8H20OSSi. The van der Waals surface area contributed by atoms with Gasteiger partial charge >= 0.3 is 0 Å². The third-order valence-electron chi connectivity index (χ3n) is 1.58. The zero-order valence-corrected chi connectivity index (χ0v) is 10.1. The van der Waals surface area contributed by atoms with Crippen molar-refractivity contribution in [2.45, 2.75) is 44.8 Å². The first kappa shape index (κ1) is 11.4. The van der Waals surface area contributed by atoms with Gasteiger partial charge in [0, 0.05) is 29.9 Å². The molecule has 1 atom stereocenters. The normalized spacial score (nSPS) is 15.5. The third-order valence-corrected chi connectivity index (χ3v) is 5.35. The van der Waals surface area contributed by atoms with Gasteiger partial charge in [0.05, 0.1) is 0 Å². The van der Waals surface area contributed by atoms with E-state index in [2.05, 4.69) is 19.6 Å². The van der Waals surface area contributed by atoms with E-state index in [9.17, 15) is 4.21 Å². The highest BCUT2D eigenvalue weighted by molar-refractivity contribution is 7.85. The SMILES string of the molecule is CC(C)[S@](=O)CC[Si](C)(C)C. The highest BCUT2D eigenvalue weighted by Gasteiger charge is 2.15. The van der Waals surface area contributed by atoms with Crippen LogP contribution < -0.4 is 0 Å². The van der Waals surface area contributed by atoms with Crippen LogP contribution in [0, 0.1) is 0 Å². The van der Waals surface area contributed by atoms with E-state index in [4.69, 9.17) is 0 Å². The fourth-order valence-electron chi connectivity index (χ4n) is 0.642. The van der Waals surface area contributed by atoms with Crippen LogP contribution in [0.25, 0.3) is 0 Å². The lowest BCUT2D eigenvalue weighted by Crippen LogP contribution is -2.24. The van der Waals surface area contributed by atoms with Crippen molar-refractivity contribution < 1.29 is 4.21 Å². The minimum atomic E-state index is -0.959. The van der Waals surface area contributed by atoms with Crippen LogP contribution in [-0.4, -0.2) is 23.3 Å². The van der Waals surface area contributed by atoms with Crippen molar-refractivity contribution in [3.8, 4) is 0 Å². The molecule has 11 heavy (non-hydrogen) atoms. The number of rotatable bonds is 4. The molecule has 0 aliphatic rings. The Morgan fingerprint density at radius 2 is 1.73 bits per heavy atom. The van der Waals surface area contributed by atoms with Crippen molar-refractivity contribution in [3.63, 3.8) is 0 Å². The van der Waals surface area contributed by atoms with Gasteiger partial charge in [-0.3, -0.25) is 4.21 Å². The highest BCUT2D eigenvalue weighted by Crippen LogP contribution is 2.10. The van der Waals surface area contributed by atoms with Gasteiger partial charge in [-0.2, -0.15) is 0 Å². The summed E-state index contributed by atoms with van der Waals surface area (Å²) in [5.41, 5.74) is 0. The largest absolute Gasteiger partial charge is 0.259 e. The predicted molar refractivity (Wildman–Crippen MR) is 56.3 cm³/mol. The molecule has 0 aromatic heterocycles. The molecule has 68 valence electrons. The van der Waals surface area contributed by atoms with Crippen LogP contribution in [0.3, 0.4) is 0 Å².